The molecule has 0 amide bonds. The first kappa shape index (κ1) is 13.4. The van der Waals surface area contributed by atoms with E-state index in [4.69, 9.17) is 16.3 Å². The predicted octanol–water partition coefficient (Wildman–Crippen LogP) is 2.62. The van der Waals surface area contributed by atoms with E-state index in [2.05, 4.69) is 9.97 Å². The van der Waals surface area contributed by atoms with E-state index < -0.39 is 4.92 Å². The van der Waals surface area contributed by atoms with Gasteiger partial charge in [-0.25, -0.2) is 9.97 Å². The van der Waals surface area contributed by atoms with Crippen LogP contribution in [-0.4, -0.2) is 22.0 Å². The lowest BCUT2D eigenvalue weighted by Gasteiger charge is -2.03. The van der Waals surface area contributed by atoms with Crippen LogP contribution in [0.3, 0.4) is 0 Å². The van der Waals surface area contributed by atoms with Crippen LogP contribution in [-0.2, 0) is 0 Å². The molecule has 6 nitrogen and oxygen atoms in total. The first-order valence-corrected chi connectivity index (χ1v) is 4.64. The van der Waals surface area contributed by atoms with Crippen LogP contribution in [0.25, 0.3) is 10.9 Å². The minimum Gasteiger partial charge on any atom is -0.490 e. The van der Waals surface area contributed by atoms with Gasteiger partial charge in [0.05, 0.1) is 17.5 Å². The van der Waals surface area contributed by atoms with Crippen molar-refractivity contribution in [2.75, 3.05) is 7.11 Å². The van der Waals surface area contributed by atoms with Crippen molar-refractivity contribution in [1.82, 2.24) is 9.97 Å². The fourth-order valence-electron chi connectivity index (χ4n) is 1.35. The third kappa shape index (κ3) is 2.37. The molecule has 0 spiro atoms. The molecule has 0 unspecified atom stereocenters. The molecule has 2 aromatic rings. The van der Waals surface area contributed by atoms with E-state index in [1.165, 1.54) is 25.6 Å². The van der Waals surface area contributed by atoms with E-state index in [1.807, 2.05) is 0 Å². The summed E-state index contributed by atoms with van der Waals surface area (Å²) in [4.78, 5) is 17.9. The van der Waals surface area contributed by atoms with Crippen molar-refractivity contribution in [3.05, 3.63) is 33.7 Å². The molecule has 90 valence electrons. The minimum atomic E-state index is -0.540. The standard InChI is InChI=1S/C9H6ClN3O3.ClH/c1-16-8-3-6-5(2-7(8)13(14)15)9(10)12-4-11-6;/h2-4H,1H3;1H. The Balaban J connectivity index is 0.00000144. The Bertz CT molecular complexity index is 577. The molecule has 17 heavy (non-hydrogen) atoms. The first-order chi connectivity index (χ1) is 7.63. The maximum absolute atomic E-state index is 10.8. The Morgan fingerprint density at radius 2 is 2.12 bits per heavy atom. The lowest BCUT2D eigenvalue weighted by Crippen LogP contribution is -1.95. The van der Waals surface area contributed by atoms with Gasteiger partial charge in [0.1, 0.15) is 11.5 Å². The SMILES string of the molecule is COc1cc2ncnc(Cl)c2cc1[N+](=O)[O-].Cl. The summed E-state index contributed by atoms with van der Waals surface area (Å²) in [5.41, 5.74) is 0.342. The number of nitro groups is 1. The number of fused-ring (bicyclic) bond motifs is 1. The van der Waals surface area contributed by atoms with Crippen molar-refractivity contribution in [3.63, 3.8) is 0 Å². The largest absolute Gasteiger partial charge is 0.490 e. The van der Waals surface area contributed by atoms with Crippen LogP contribution in [0, 0.1) is 10.1 Å². The summed E-state index contributed by atoms with van der Waals surface area (Å²) in [6, 6.07) is 2.76. The second-order valence-electron chi connectivity index (χ2n) is 2.96. The minimum absolute atomic E-state index is 0. The van der Waals surface area contributed by atoms with Gasteiger partial charge >= 0.3 is 5.69 Å². The smallest absolute Gasteiger partial charge is 0.311 e. The summed E-state index contributed by atoms with van der Waals surface area (Å²) < 4.78 is 4.91. The van der Waals surface area contributed by atoms with Crippen LogP contribution in [0.2, 0.25) is 5.15 Å². The zero-order chi connectivity index (χ0) is 11.7. The van der Waals surface area contributed by atoms with Crippen LogP contribution in [0.5, 0.6) is 5.75 Å². The molecule has 1 aromatic heterocycles. The van der Waals surface area contributed by atoms with E-state index in [0.717, 1.165) is 0 Å². The van der Waals surface area contributed by atoms with Crippen LogP contribution >= 0.6 is 24.0 Å². The maximum atomic E-state index is 10.8. The summed E-state index contributed by atoms with van der Waals surface area (Å²) in [7, 11) is 1.36. The number of aromatic nitrogens is 2. The van der Waals surface area contributed by atoms with E-state index in [0.29, 0.717) is 10.9 Å². The molecule has 0 saturated carbocycles. The lowest BCUT2D eigenvalue weighted by molar-refractivity contribution is -0.385. The Morgan fingerprint density at radius 3 is 2.71 bits per heavy atom. The number of hydrogen-bond acceptors (Lipinski definition) is 5. The number of rotatable bonds is 2. The molecule has 0 bridgehead atoms. The fraction of sp³-hybridized carbons (Fsp3) is 0.111. The highest BCUT2D eigenvalue weighted by Crippen LogP contribution is 2.32. The van der Waals surface area contributed by atoms with Crippen molar-refractivity contribution in [2.45, 2.75) is 0 Å². The highest BCUT2D eigenvalue weighted by molar-refractivity contribution is 6.34. The molecular formula is C9H7Cl2N3O3. The summed E-state index contributed by atoms with van der Waals surface area (Å²) in [5.74, 6) is 0.146. The normalized spacial score (nSPS) is 9.76. The van der Waals surface area contributed by atoms with Gasteiger partial charge in [0.2, 0.25) is 0 Å². The Hall–Kier alpha value is -1.66. The van der Waals surface area contributed by atoms with Crippen LogP contribution in [0.1, 0.15) is 0 Å². The van der Waals surface area contributed by atoms with Gasteiger partial charge in [0.15, 0.2) is 5.75 Å². The Kier molecular flexibility index (Phi) is 4.03. The molecule has 1 aromatic carbocycles. The monoisotopic (exact) mass is 275 g/mol. The summed E-state index contributed by atoms with van der Waals surface area (Å²) in [6.07, 6.45) is 1.29. The van der Waals surface area contributed by atoms with Gasteiger partial charge in [-0.1, -0.05) is 11.6 Å². The van der Waals surface area contributed by atoms with E-state index in [-0.39, 0.29) is 29.0 Å². The molecule has 0 atom stereocenters. The quantitative estimate of drug-likeness (QED) is 0.478. The number of halogens is 2. The lowest BCUT2D eigenvalue weighted by atomic mass is 10.2. The van der Waals surface area contributed by atoms with Gasteiger partial charge in [-0.05, 0) is 0 Å². The topological polar surface area (TPSA) is 78.2 Å². The van der Waals surface area contributed by atoms with Crippen LogP contribution in [0.15, 0.2) is 18.5 Å². The average molecular weight is 276 g/mol. The number of benzene rings is 1. The highest BCUT2D eigenvalue weighted by atomic mass is 35.5. The molecule has 0 fully saturated rings. The van der Waals surface area contributed by atoms with E-state index >= 15 is 0 Å². The van der Waals surface area contributed by atoms with E-state index in [9.17, 15) is 10.1 Å². The zero-order valence-corrected chi connectivity index (χ0v) is 10.2. The Morgan fingerprint density at radius 1 is 1.41 bits per heavy atom. The molecule has 0 radical (unpaired) electrons. The van der Waals surface area contributed by atoms with Gasteiger partial charge in [-0.15, -0.1) is 12.4 Å². The molecular weight excluding hydrogens is 269 g/mol. The summed E-state index contributed by atoms with van der Waals surface area (Å²) in [5, 5.41) is 11.4. The second-order valence-corrected chi connectivity index (χ2v) is 3.32. The third-order valence-corrected chi connectivity index (χ3v) is 2.39. The molecule has 0 aliphatic rings. The molecule has 8 heteroatoms. The number of methoxy groups -OCH3 is 1. The summed E-state index contributed by atoms with van der Waals surface area (Å²) >= 11 is 5.81. The van der Waals surface area contributed by atoms with Crippen molar-refractivity contribution in [1.29, 1.82) is 0 Å². The number of nitro benzene ring substituents is 1. The van der Waals surface area contributed by atoms with Crippen molar-refractivity contribution >= 4 is 40.6 Å². The highest BCUT2D eigenvalue weighted by Gasteiger charge is 2.17. The Labute approximate surface area is 107 Å². The van der Waals surface area contributed by atoms with Gasteiger partial charge < -0.3 is 4.74 Å². The number of hydrogen-bond donors (Lipinski definition) is 0. The molecule has 0 N–H and O–H groups in total. The summed E-state index contributed by atoms with van der Waals surface area (Å²) in [6.45, 7) is 0. The molecule has 0 aliphatic heterocycles. The average Bonchev–Trinajstić information content (AvgIpc) is 2.27. The molecule has 0 saturated heterocycles. The second kappa shape index (κ2) is 5.11. The maximum Gasteiger partial charge on any atom is 0.311 e. The molecule has 0 aliphatic carbocycles. The van der Waals surface area contributed by atoms with Gasteiger partial charge in [-0.3, -0.25) is 10.1 Å². The fourth-order valence-corrected chi connectivity index (χ4v) is 1.54. The first-order valence-electron chi connectivity index (χ1n) is 4.26. The van der Waals surface area contributed by atoms with Crippen molar-refractivity contribution < 1.29 is 9.66 Å². The van der Waals surface area contributed by atoms with Crippen LogP contribution < -0.4 is 4.74 Å². The number of nitrogens with zero attached hydrogens (tertiary/aromatic N) is 3. The molecule has 2 rings (SSSR count). The zero-order valence-electron chi connectivity index (χ0n) is 8.58. The van der Waals surface area contributed by atoms with Crippen molar-refractivity contribution in [2.24, 2.45) is 0 Å². The third-order valence-electron chi connectivity index (χ3n) is 2.08. The van der Waals surface area contributed by atoms with Gasteiger partial charge in [-0.2, -0.15) is 0 Å². The number of ether oxygens (including phenoxy) is 1. The van der Waals surface area contributed by atoms with Gasteiger partial charge in [0, 0.05) is 17.5 Å². The van der Waals surface area contributed by atoms with Gasteiger partial charge in [0.25, 0.3) is 0 Å². The van der Waals surface area contributed by atoms with E-state index in [1.54, 1.807) is 0 Å². The predicted molar refractivity (Wildman–Crippen MR) is 65.0 cm³/mol. The van der Waals surface area contributed by atoms with Crippen molar-refractivity contribution in [3.8, 4) is 5.75 Å². The van der Waals surface area contributed by atoms with Crippen LogP contribution in [0.4, 0.5) is 5.69 Å². The molecule has 1 heterocycles.